The second-order valence-electron chi connectivity index (χ2n) is 6.69. The van der Waals surface area contributed by atoms with Crippen LogP contribution < -0.4 is 14.4 Å². The molecule has 0 saturated carbocycles. The summed E-state index contributed by atoms with van der Waals surface area (Å²) < 4.78 is 16.4. The van der Waals surface area contributed by atoms with Gasteiger partial charge in [0, 0.05) is 18.3 Å². The van der Waals surface area contributed by atoms with E-state index in [0.29, 0.717) is 25.8 Å². The van der Waals surface area contributed by atoms with E-state index in [2.05, 4.69) is 30.0 Å². The first-order chi connectivity index (χ1) is 12.2. The molecule has 5 nitrogen and oxygen atoms in total. The van der Waals surface area contributed by atoms with Gasteiger partial charge in [0.2, 0.25) is 6.79 Å². The van der Waals surface area contributed by atoms with Crippen LogP contribution in [0.2, 0.25) is 0 Å². The number of ether oxygens (including phenoxy) is 3. The fourth-order valence-corrected chi connectivity index (χ4v) is 3.53. The van der Waals surface area contributed by atoms with E-state index in [1.165, 1.54) is 11.3 Å². The summed E-state index contributed by atoms with van der Waals surface area (Å²) in [6.45, 7) is 3.80. The second kappa shape index (κ2) is 6.94. The topological polar surface area (TPSA) is 51.2 Å². The molecule has 0 bridgehead atoms. The molecule has 2 aliphatic heterocycles. The lowest BCUT2D eigenvalue weighted by molar-refractivity contribution is 0.0315. The molecule has 0 aromatic heterocycles. The molecule has 4 rings (SSSR count). The molecular weight excluding hydrogens is 318 g/mol. The Morgan fingerprint density at radius 2 is 2.04 bits per heavy atom. The Morgan fingerprint density at radius 1 is 1.20 bits per heavy atom. The third-order valence-electron chi connectivity index (χ3n) is 4.77. The van der Waals surface area contributed by atoms with Crippen LogP contribution in [0.5, 0.6) is 11.5 Å². The molecule has 0 fully saturated rings. The molecule has 0 aliphatic carbocycles. The first-order valence-corrected chi connectivity index (χ1v) is 8.69. The zero-order valence-electron chi connectivity index (χ0n) is 14.4. The van der Waals surface area contributed by atoms with Gasteiger partial charge in [-0.3, -0.25) is 0 Å². The largest absolute Gasteiger partial charge is 0.454 e. The average Bonchev–Trinajstić information content (AvgIpc) is 3.19. The third-order valence-corrected chi connectivity index (χ3v) is 4.77. The molecule has 1 N–H and O–H groups in total. The number of aliphatic hydroxyl groups excluding tert-OH is 1. The van der Waals surface area contributed by atoms with E-state index in [1.807, 2.05) is 24.3 Å². The van der Waals surface area contributed by atoms with Crippen LogP contribution in [0.3, 0.4) is 0 Å². The number of hydrogen-bond donors (Lipinski definition) is 1. The maximum Gasteiger partial charge on any atom is 0.231 e. The van der Waals surface area contributed by atoms with E-state index in [0.717, 1.165) is 23.5 Å². The second-order valence-corrected chi connectivity index (χ2v) is 6.69. The molecule has 5 heteroatoms. The number of para-hydroxylation sites is 1. The molecule has 0 radical (unpaired) electrons. The van der Waals surface area contributed by atoms with E-state index in [-0.39, 0.29) is 6.79 Å². The maximum atomic E-state index is 10.4. The van der Waals surface area contributed by atoms with Crippen molar-refractivity contribution >= 4 is 5.69 Å². The average molecular weight is 341 g/mol. The highest BCUT2D eigenvalue weighted by atomic mass is 16.7. The first-order valence-electron chi connectivity index (χ1n) is 8.69. The minimum absolute atomic E-state index is 0.272. The van der Waals surface area contributed by atoms with E-state index in [4.69, 9.17) is 14.2 Å². The van der Waals surface area contributed by atoms with Crippen LogP contribution in [0, 0.1) is 0 Å². The predicted molar refractivity (Wildman–Crippen MR) is 95.2 cm³/mol. The van der Waals surface area contributed by atoms with Gasteiger partial charge in [-0.25, -0.2) is 0 Å². The standard InChI is InChI=1S/C20H23NO4/c1-14-8-16-4-2-3-5-18(16)21(14)10-17(22)12-23-11-15-6-7-19-20(9-15)25-13-24-19/h2-7,9,14,17,22H,8,10-13H2,1H3. The van der Waals surface area contributed by atoms with Crippen molar-refractivity contribution in [1.82, 2.24) is 0 Å². The molecule has 2 heterocycles. The minimum atomic E-state index is -0.525. The number of hydrogen-bond acceptors (Lipinski definition) is 5. The number of anilines is 1. The highest BCUT2D eigenvalue weighted by Crippen LogP contribution is 2.33. The number of benzene rings is 2. The van der Waals surface area contributed by atoms with Gasteiger partial charge in [-0.2, -0.15) is 0 Å². The molecular formula is C20H23NO4. The molecule has 2 aromatic carbocycles. The summed E-state index contributed by atoms with van der Waals surface area (Å²) in [6, 6.07) is 14.6. The SMILES string of the molecule is CC1Cc2ccccc2N1CC(O)COCc1ccc2c(c1)OCO2. The number of rotatable bonds is 6. The van der Waals surface area contributed by atoms with Crippen LogP contribution in [0.15, 0.2) is 42.5 Å². The summed E-state index contributed by atoms with van der Waals surface area (Å²) in [6.07, 6.45) is 0.503. The van der Waals surface area contributed by atoms with Crippen LogP contribution in [0.4, 0.5) is 5.69 Å². The quantitative estimate of drug-likeness (QED) is 0.876. The van der Waals surface area contributed by atoms with Gasteiger partial charge in [0.25, 0.3) is 0 Å². The van der Waals surface area contributed by atoms with Crippen LogP contribution in [-0.2, 0) is 17.8 Å². The zero-order valence-corrected chi connectivity index (χ0v) is 14.4. The number of aliphatic hydroxyl groups is 1. The van der Waals surface area contributed by atoms with Crippen LogP contribution in [-0.4, -0.2) is 37.2 Å². The van der Waals surface area contributed by atoms with E-state index < -0.39 is 6.10 Å². The van der Waals surface area contributed by atoms with Gasteiger partial charge in [0.1, 0.15) is 0 Å². The Balaban J connectivity index is 1.29. The van der Waals surface area contributed by atoms with E-state index in [9.17, 15) is 5.11 Å². The number of nitrogens with zero attached hydrogens (tertiary/aromatic N) is 1. The van der Waals surface area contributed by atoms with E-state index in [1.54, 1.807) is 0 Å². The molecule has 0 spiro atoms. The summed E-state index contributed by atoms with van der Waals surface area (Å²) in [7, 11) is 0. The predicted octanol–water partition coefficient (Wildman–Crippen LogP) is 2.74. The Labute approximate surface area is 147 Å². The molecule has 0 saturated heterocycles. The summed E-state index contributed by atoms with van der Waals surface area (Å²) >= 11 is 0. The lowest BCUT2D eigenvalue weighted by Gasteiger charge is -2.27. The van der Waals surface area contributed by atoms with Crippen LogP contribution >= 0.6 is 0 Å². The Hall–Kier alpha value is -2.24. The van der Waals surface area contributed by atoms with Gasteiger partial charge in [-0.1, -0.05) is 24.3 Å². The van der Waals surface area contributed by atoms with Gasteiger partial charge in [0.05, 0.1) is 19.3 Å². The lowest BCUT2D eigenvalue weighted by Crippen LogP contribution is -2.38. The van der Waals surface area contributed by atoms with Gasteiger partial charge in [-0.05, 0) is 42.7 Å². The Kier molecular flexibility index (Phi) is 4.51. The van der Waals surface area contributed by atoms with Crippen molar-refractivity contribution in [2.45, 2.75) is 32.1 Å². The van der Waals surface area contributed by atoms with Crippen LogP contribution in [0.1, 0.15) is 18.1 Å². The van der Waals surface area contributed by atoms with Crippen molar-refractivity contribution in [3.05, 3.63) is 53.6 Å². The van der Waals surface area contributed by atoms with Gasteiger partial charge < -0.3 is 24.2 Å². The van der Waals surface area contributed by atoms with Crippen molar-refractivity contribution in [2.75, 3.05) is 24.8 Å². The molecule has 2 atom stereocenters. The van der Waals surface area contributed by atoms with Crippen molar-refractivity contribution in [2.24, 2.45) is 0 Å². The van der Waals surface area contributed by atoms with Gasteiger partial charge in [0.15, 0.2) is 11.5 Å². The fraction of sp³-hybridized carbons (Fsp3) is 0.400. The monoisotopic (exact) mass is 341 g/mol. The minimum Gasteiger partial charge on any atom is -0.454 e. The molecule has 2 unspecified atom stereocenters. The molecule has 0 amide bonds. The lowest BCUT2D eigenvalue weighted by atomic mass is 10.1. The highest BCUT2D eigenvalue weighted by molar-refractivity contribution is 5.59. The normalized spacial score (nSPS) is 19.1. The fourth-order valence-electron chi connectivity index (χ4n) is 3.53. The Bertz CT molecular complexity index is 748. The summed E-state index contributed by atoms with van der Waals surface area (Å²) in [5, 5.41) is 10.4. The molecule has 2 aliphatic rings. The zero-order chi connectivity index (χ0) is 17.2. The highest BCUT2D eigenvalue weighted by Gasteiger charge is 2.27. The van der Waals surface area contributed by atoms with E-state index >= 15 is 0 Å². The summed E-state index contributed by atoms with van der Waals surface area (Å²) in [4.78, 5) is 2.27. The molecule has 2 aromatic rings. The first kappa shape index (κ1) is 16.2. The van der Waals surface area contributed by atoms with Crippen molar-refractivity contribution in [3.63, 3.8) is 0 Å². The maximum absolute atomic E-state index is 10.4. The van der Waals surface area contributed by atoms with Crippen molar-refractivity contribution < 1.29 is 19.3 Å². The van der Waals surface area contributed by atoms with Crippen molar-refractivity contribution in [3.8, 4) is 11.5 Å². The smallest absolute Gasteiger partial charge is 0.231 e. The summed E-state index contributed by atoms with van der Waals surface area (Å²) in [5.41, 5.74) is 3.59. The Morgan fingerprint density at radius 3 is 2.96 bits per heavy atom. The molecule has 132 valence electrons. The van der Waals surface area contributed by atoms with Crippen molar-refractivity contribution in [1.29, 1.82) is 0 Å². The molecule has 25 heavy (non-hydrogen) atoms. The van der Waals surface area contributed by atoms with Gasteiger partial charge >= 0.3 is 0 Å². The van der Waals surface area contributed by atoms with Gasteiger partial charge in [-0.15, -0.1) is 0 Å². The van der Waals surface area contributed by atoms with Crippen LogP contribution in [0.25, 0.3) is 0 Å². The third kappa shape index (κ3) is 3.43. The number of β-amino-alcohol motifs (C(OH)–C–C–N with tert-alkyl or cyclic N) is 1. The summed E-state index contributed by atoms with van der Waals surface area (Å²) in [5.74, 6) is 1.52. The number of fused-ring (bicyclic) bond motifs is 2.